The molecule has 16 heavy (non-hydrogen) atoms. The smallest absolute Gasteiger partial charge is 0.233 e. The lowest BCUT2D eigenvalue weighted by atomic mass is 10.2. The van der Waals surface area contributed by atoms with Crippen LogP contribution in [-0.2, 0) is 11.2 Å². The second-order valence-electron chi connectivity index (χ2n) is 4.28. The van der Waals surface area contributed by atoms with E-state index in [1.807, 2.05) is 12.1 Å². The predicted octanol–water partition coefficient (Wildman–Crippen LogP) is 1.93. The second kappa shape index (κ2) is 4.40. The first-order valence-corrected chi connectivity index (χ1v) is 5.47. The van der Waals surface area contributed by atoms with Crippen molar-refractivity contribution >= 4 is 5.91 Å². The van der Waals surface area contributed by atoms with Crippen LogP contribution < -0.4 is 5.32 Å². The Hall–Kier alpha value is -1.76. The largest absolute Gasteiger partial charge is 0.466 e. The van der Waals surface area contributed by atoms with Gasteiger partial charge in [-0.3, -0.25) is 10.1 Å². The molecule has 1 aromatic heterocycles. The quantitative estimate of drug-likeness (QED) is 0.620. The number of nitrogens with zero attached hydrogens (tertiary/aromatic N) is 1. The molecule has 1 amide bonds. The normalized spacial score (nSPS) is 22.5. The average Bonchev–Trinajstić information content (AvgIpc) is 2.80. The van der Waals surface area contributed by atoms with Gasteiger partial charge in [-0.05, 0) is 24.5 Å². The van der Waals surface area contributed by atoms with Crippen molar-refractivity contribution in [3.8, 4) is 6.19 Å². The van der Waals surface area contributed by atoms with Gasteiger partial charge in [0.05, 0.1) is 0 Å². The molecule has 0 radical (unpaired) electrons. The average molecular weight is 218 g/mol. The Morgan fingerprint density at radius 1 is 1.69 bits per heavy atom. The fourth-order valence-corrected chi connectivity index (χ4v) is 1.81. The van der Waals surface area contributed by atoms with Gasteiger partial charge in [-0.1, -0.05) is 6.92 Å². The number of nitriles is 1. The van der Waals surface area contributed by atoms with Crippen molar-refractivity contribution in [1.82, 2.24) is 5.32 Å². The van der Waals surface area contributed by atoms with Crippen molar-refractivity contribution in [3.05, 3.63) is 23.7 Å². The summed E-state index contributed by atoms with van der Waals surface area (Å²) in [5, 5.41) is 10.3. The molecule has 0 saturated heterocycles. The number of amides is 1. The molecule has 1 saturated carbocycles. The summed E-state index contributed by atoms with van der Waals surface area (Å²) in [5.41, 5.74) is 0. The zero-order valence-corrected chi connectivity index (χ0v) is 9.19. The summed E-state index contributed by atoms with van der Waals surface area (Å²) in [6, 6.07) is 3.91. The molecule has 2 unspecified atom stereocenters. The molecule has 4 nitrogen and oxygen atoms in total. The lowest BCUT2D eigenvalue weighted by Crippen LogP contribution is -2.17. The SMILES string of the molecule is CC1CC1c1ccc(CCC(=O)NC#N)o1. The molecular weight excluding hydrogens is 204 g/mol. The molecule has 4 heteroatoms. The summed E-state index contributed by atoms with van der Waals surface area (Å²) in [7, 11) is 0. The number of nitrogens with one attached hydrogen (secondary N) is 1. The molecular formula is C12H14N2O2. The zero-order valence-electron chi connectivity index (χ0n) is 9.19. The highest BCUT2D eigenvalue weighted by Gasteiger charge is 2.36. The lowest BCUT2D eigenvalue weighted by molar-refractivity contribution is -0.120. The van der Waals surface area contributed by atoms with E-state index in [0.29, 0.717) is 18.8 Å². The van der Waals surface area contributed by atoms with Gasteiger partial charge in [0, 0.05) is 18.8 Å². The van der Waals surface area contributed by atoms with Crippen molar-refractivity contribution in [2.24, 2.45) is 5.92 Å². The summed E-state index contributed by atoms with van der Waals surface area (Å²) in [6.07, 6.45) is 3.65. The first-order valence-electron chi connectivity index (χ1n) is 5.47. The Balaban J connectivity index is 1.84. The van der Waals surface area contributed by atoms with Crippen LogP contribution in [0.3, 0.4) is 0 Å². The van der Waals surface area contributed by atoms with E-state index in [2.05, 4.69) is 12.2 Å². The minimum atomic E-state index is -0.264. The van der Waals surface area contributed by atoms with Crippen LogP contribution in [0.2, 0.25) is 0 Å². The van der Waals surface area contributed by atoms with Gasteiger partial charge in [0.2, 0.25) is 5.91 Å². The van der Waals surface area contributed by atoms with Crippen LogP contribution in [0.15, 0.2) is 16.5 Å². The Bertz CT molecular complexity index is 430. The van der Waals surface area contributed by atoms with E-state index in [-0.39, 0.29) is 5.91 Å². The second-order valence-corrected chi connectivity index (χ2v) is 4.28. The van der Waals surface area contributed by atoms with Gasteiger partial charge in [-0.25, -0.2) is 0 Å². The van der Waals surface area contributed by atoms with E-state index in [1.165, 1.54) is 6.42 Å². The van der Waals surface area contributed by atoms with Crippen molar-refractivity contribution in [2.75, 3.05) is 0 Å². The van der Waals surface area contributed by atoms with Crippen LogP contribution in [-0.4, -0.2) is 5.91 Å². The monoisotopic (exact) mass is 218 g/mol. The van der Waals surface area contributed by atoms with Crippen molar-refractivity contribution < 1.29 is 9.21 Å². The van der Waals surface area contributed by atoms with Gasteiger partial charge in [0.15, 0.2) is 6.19 Å². The molecule has 0 aliphatic heterocycles. The maximum absolute atomic E-state index is 11.0. The molecule has 1 heterocycles. The van der Waals surface area contributed by atoms with Gasteiger partial charge in [-0.2, -0.15) is 5.26 Å². The van der Waals surface area contributed by atoms with E-state index in [0.717, 1.165) is 17.4 Å². The molecule has 2 atom stereocenters. The van der Waals surface area contributed by atoms with E-state index in [1.54, 1.807) is 6.19 Å². The maximum atomic E-state index is 11.0. The third kappa shape index (κ3) is 2.43. The molecule has 84 valence electrons. The van der Waals surface area contributed by atoms with Crippen molar-refractivity contribution in [3.63, 3.8) is 0 Å². The summed E-state index contributed by atoms with van der Waals surface area (Å²) in [4.78, 5) is 11.0. The highest BCUT2D eigenvalue weighted by atomic mass is 16.3. The highest BCUT2D eigenvalue weighted by molar-refractivity contribution is 5.77. The van der Waals surface area contributed by atoms with Crippen LogP contribution in [0.5, 0.6) is 0 Å². The van der Waals surface area contributed by atoms with E-state index >= 15 is 0 Å². The first-order chi connectivity index (χ1) is 7.70. The number of aryl methyl sites for hydroxylation is 1. The standard InChI is InChI=1S/C12H14N2O2/c1-8-6-10(8)11-4-2-9(16-11)3-5-12(15)14-7-13/h2,4,8,10H,3,5-6H2,1H3,(H,14,15). The van der Waals surface area contributed by atoms with Crippen LogP contribution in [0.4, 0.5) is 0 Å². The lowest BCUT2D eigenvalue weighted by Gasteiger charge is -1.96. The Morgan fingerprint density at radius 3 is 3.06 bits per heavy atom. The summed E-state index contributed by atoms with van der Waals surface area (Å²) < 4.78 is 5.64. The number of carbonyl (C=O) groups excluding carboxylic acids is 1. The third-order valence-corrected chi connectivity index (χ3v) is 2.95. The molecule has 0 bridgehead atoms. The number of hydrogen-bond donors (Lipinski definition) is 1. The molecule has 1 N–H and O–H groups in total. The van der Waals surface area contributed by atoms with Gasteiger partial charge in [0.25, 0.3) is 0 Å². The van der Waals surface area contributed by atoms with E-state index in [4.69, 9.17) is 9.68 Å². The van der Waals surface area contributed by atoms with Crippen molar-refractivity contribution in [1.29, 1.82) is 5.26 Å². The van der Waals surface area contributed by atoms with Crippen LogP contribution in [0.1, 0.15) is 37.2 Å². The van der Waals surface area contributed by atoms with Crippen LogP contribution in [0, 0.1) is 17.4 Å². The zero-order chi connectivity index (χ0) is 11.5. The third-order valence-electron chi connectivity index (χ3n) is 2.95. The van der Waals surface area contributed by atoms with Gasteiger partial charge in [-0.15, -0.1) is 0 Å². The fourth-order valence-electron chi connectivity index (χ4n) is 1.81. The molecule has 1 fully saturated rings. The first kappa shape index (κ1) is 10.7. The molecule has 1 aliphatic rings. The number of hydrogen-bond acceptors (Lipinski definition) is 3. The summed E-state index contributed by atoms with van der Waals surface area (Å²) >= 11 is 0. The van der Waals surface area contributed by atoms with Crippen molar-refractivity contribution in [2.45, 2.75) is 32.1 Å². The number of carbonyl (C=O) groups is 1. The number of rotatable bonds is 4. The van der Waals surface area contributed by atoms with E-state index in [9.17, 15) is 4.79 Å². The minimum absolute atomic E-state index is 0.264. The van der Waals surface area contributed by atoms with Gasteiger partial charge in [0.1, 0.15) is 11.5 Å². The maximum Gasteiger partial charge on any atom is 0.233 e. The minimum Gasteiger partial charge on any atom is -0.466 e. The van der Waals surface area contributed by atoms with Gasteiger partial charge >= 0.3 is 0 Å². The molecule has 2 rings (SSSR count). The molecule has 0 aromatic carbocycles. The fraction of sp³-hybridized carbons (Fsp3) is 0.500. The molecule has 1 aliphatic carbocycles. The topological polar surface area (TPSA) is 66.0 Å². The summed E-state index contributed by atoms with van der Waals surface area (Å²) in [5.74, 6) is 2.88. The number of furan rings is 1. The van der Waals surface area contributed by atoms with Crippen LogP contribution >= 0.6 is 0 Å². The highest BCUT2D eigenvalue weighted by Crippen LogP contribution is 2.47. The van der Waals surface area contributed by atoms with E-state index < -0.39 is 0 Å². The van der Waals surface area contributed by atoms with Gasteiger partial charge < -0.3 is 4.42 Å². The Morgan fingerprint density at radius 2 is 2.44 bits per heavy atom. The predicted molar refractivity (Wildman–Crippen MR) is 57.3 cm³/mol. The Kier molecular flexibility index (Phi) is 2.95. The Labute approximate surface area is 94.2 Å². The molecule has 1 aromatic rings. The van der Waals surface area contributed by atoms with Crippen LogP contribution in [0.25, 0.3) is 0 Å². The summed E-state index contributed by atoms with van der Waals surface area (Å²) in [6.45, 7) is 2.20. The molecule has 0 spiro atoms.